The standard InChI is InChI=1S/C13H21N3O5/c1-13(11(18)19)8-21-7-9(13)14-12(20)16-5-3-4-15(2)10(17)6-16/h9H,3-8H2,1-2H3,(H,14,20)(H,18,19). The highest BCUT2D eigenvalue weighted by molar-refractivity contribution is 5.85. The third-order valence-electron chi connectivity index (χ3n) is 4.20. The van der Waals surface area contributed by atoms with Gasteiger partial charge in [0.2, 0.25) is 5.91 Å². The number of likely N-dealkylation sites (N-methyl/N-ethyl adjacent to an activating group) is 1. The van der Waals surface area contributed by atoms with Crippen molar-refractivity contribution in [3.63, 3.8) is 0 Å². The summed E-state index contributed by atoms with van der Waals surface area (Å²) in [6.07, 6.45) is 0.701. The molecule has 2 aliphatic rings. The van der Waals surface area contributed by atoms with Gasteiger partial charge in [-0.3, -0.25) is 9.59 Å². The van der Waals surface area contributed by atoms with Crippen molar-refractivity contribution in [2.75, 3.05) is 39.9 Å². The molecule has 118 valence electrons. The van der Waals surface area contributed by atoms with Gasteiger partial charge in [0.05, 0.1) is 19.3 Å². The first-order valence-corrected chi connectivity index (χ1v) is 6.95. The van der Waals surface area contributed by atoms with E-state index in [0.717, 1.165) is 0 Å². The number of aliphatic carboxylic acids is 1. The number of nitrogens with one attached hydrogen (secondary N) is 1. The van der Waals surface area contributed by atoms with Crippen molar-refractivity contribution in [3.05, 3.63) is 0 Å². The van der Waals surface area contributed by atoms with Crippen LogP contribution in [0.4, 0.5) is 4.79 Å². The Labute approximate surface area is 123 Å². The molecule has 21 heavy (non-hydrogen) atoms. The number of hydrogen-bond acceptors (Lipinski definition) is 4. The van der Waals surface area contributed by atoms with E-state index in [4.69, 9.17) is 4.74 Å². The maximum atomic E-state index is 12.3. The molecule has 2 atom stereocenters. The molecular formula is C13H21N3O5. The van der Waals surface area contributed by atoms with Crippen LogP contribution in [0.2, 0.25) is 0 Å². The smallest absolute Gasteiger partial charge is 0.318 e. The molecule has 3 amide bonds. The zero-order chi connectivity index (χ0) is 15.6. The number of nitrogens with zero attached hydrogens (tertiary/aromatic N) is 2. The van der Waals surface area contributed by atoms with Crippen LogP contribution in [-0.2, 0) is 14.3 Å². The zero-order valence-electron chi connectivity index (χ0n) is 12.3. The van der Waals surface area contributed by atoms with Crippen molar-refractivity contribution in [1.82, 2.24) is 15.1 Å². The Hall–Kier alpha value is -1.83. The second-order valence-corrected chi connectivity index (χ2v) is 5.83. The third-order valence-corrected chi connectivity index (χ3v) is 4.20. The molecule has 0 aromatic heterocycles. The highest BCUT2D eigenvalue weighted by Gasteiger charge is 2.47. The number of rotatable bonds is 2. The number of amides is 3. The van der Waals surface area contributed by atoms with Crippen molar-refractivity contribution in [3.8, 4) is 0 Å². The van der Waals surface area contributed by atoms with E-state index in [1.54, 1.807) is 18.9 Å². The van der Waals surface area contributed by atoms with Crippen LogP contribution in [0, 0.1) is 5.41 Å². The van der Waals surface area contributed by atoms with Crippen LogP contribution in [0.25, 0.3) is 0 Å². The number of urea groups is 1. The maximum absolute atomic E-state index is 12.3. The molecular weight excluding hydrogens is 278 g/mol. The average Bonchev–Trinajstić information content (AvgIpc) is 2.70. The van der Waals surface area contributed by atoms with Gasteiger partial charge in [-0.2, -0.15) is 0 Å². The summed E-state index contributed by atoms with van der Waals surface area (Å²) in [5.41, 5.74) is -1.14. The molecule has 2 heterocycles. The van der Waals surface area contributed by atoms with Gasteiger partial charge in [-0.05, 0) is 13.3 Å². The molecule has 8 nitrogen and oxygen atoms in total. The van der Waals surface area contributed by atoms with Crippen LogP contribution in [0.1, 0.15) is 13.3 Å². The Balaban J connectivity index is 2.01. The molecule has 0 saturated carbocycles. The maximum Gasteiger partial charge on any atom is 0.318 e. The Bertz CT molecular complexity index is 455. The number of carboxylic acid groups (broad SMARTS) is 1. The van der Waals surface area contributed by atoms with Gasteiger partial charge in [-0.1, -0.05) is 0 Å². The fourth-order valence-corrected chi connectivity index (χ4v) is 2.49. The van der Waals surface area contributed by atoms with Crippen molar-refractivity contribution < 1.29 is 24.2 Å². The number of carbonyl (C=O) groups is 3. The molecule has 0 bridgehead atoms. The summed E-state index contributed by atoms with van der Waals surface area (Å²) in [5, 5.41) is 12.0. The molecule has 2 N–H and O–H groups in total. The largest absolute Gasteiger partial charge is 0.481 e. The molecule has 2 aliphatic heterocycles. The van der Waals surface area contributed by atoms with Crippen LogP contribution in [0.5, 0.6) is 0 Å². The van der Waals surface area contributed by atoms with Crippen molar-refractivity contribution in [1.29, 1.82) is 0 Å². The highest BCUT2D eigenvalue weighted by Crippen LogP contribution is 2.28. The van der Waals surface area contributed by atoms with E-state index in [1.807, 2.05) is 0 Å². The summed E-state index contributed by atoms with van der Waals surface area (Å²) in [4.78, 5) is 38.4. The van der Waals surface area contributed by atoms with Gasteiger partial charge in [0.15, 0.2) is 0 Å². The van der Waals surface area contributed by atoms with Crippen LogP contribution < -0.4 is 5.32 Å². The minimum absolute atomic E-state index is 0.0136. The van der Waals surface area contributed by atoms with Crippen molar-refractivity contribution >= 4 is 17.9 Å². The first kappa shape index (κ1) is 15.6. The predicted octanol–water partition coefficient (Wildman–Crippen LogP) is -0.650. The van der Waals surface area contributed by atoms with E-state index in [-0.39, 0.29) is 25.7 Å². The van der Waals surface area contributed by atoms with Gasteiger partial charge < -0.3 is 25.0 Å². The van der Waals surface area contributed by atoms with Gasteiger partial charge >= 0.3 is 12.0 Å². The number of ether oxygens (including phenoxy) is 1. The van der Waals surface area contributed by atoms with Gasteiger partial charge in [0.1, 0.15) is 12.0 Å². The highest BCUT2D eigenvalue weighted by atomic mass is 16.5. The fraction of sp³-hybridized carbons (Fsp3) is 0.769. The topological polar surface area (TPSA) is 99.2 Å². The van der Waals surface area contributed by atoms with Crippen LogP contribution >= 0.6 is 0 Å². The minimum atomic E-state index is -1.14. The summed E-state index contributed by atoms with van der Waals surface area (Å²) in [6, 6.07) is -1.01. The van der Waals surface area contributed by atoms with E-state index in [2.05, 4.69) is 5.32 Å². The molecule has 2 rings (SSSR count). The monoisotopic (exact) mass is 299 g/mol. The summed E-state index contributed by atoms with van der Waals surface area (Å²) in [7, 11) is 1.70. The molecule has 8 heteroatoms. The van der Waals surface area contributed by atoms with Crippen molar-refractivity contribution in [2.24, 2.45) is 5.41 Å². The van der Waals surface area contributed by atoms with Gasteiger partial charge in [-0.15, -0.1) is 0 Å². The number of hydrogen-bond donors (Lipinski definition) is 2. The lowest BCUT2D eigenvalue weighted by Crippen LogP contribution is -2.54. The minimum Gasteiger partial charge on any atom is -0.481 e. The van der Waals surface area contributed by atoms with E-state index in [1.165, 1.54) is 4.90 Å². The van der Waals surface area contributed by atoms with E-state index >= 15 is 0 Å². The number of carboxylic acids is 1. The quantitative estimate of drug-likeness (QED) is 0.706. The lowest BCUT2D eigenvalue weighted by atomic mass is 9.85. The van der Waals surface area contributed by atoms with Gasteiger partial charge in [-0.25, -0.2) is 4.79 Å². The summed E-state index contributed by atoms with van der Waals surface area (Å²) in [5.74, 6) is -1.12. The summed E-state index contributed by atoms with van der Waals surface area (Å²) < 4.78 is 5.20. The molecule has 2 unspecified atom stereocenters. The Morgan fingerprint density at radius 2 is 2.14 bits per heavy atom. The summed E-state index contributed by atoms with van der Waals surface area (Å²) in [6.45, 7) is 2.88. The molecule has 0 aromatic carbocycles. The van der Waals surface area contributed by atoms with Crippen molar-refractivity contribution in [2.45, 2.75) is 19.4 Å². The second-order valence-electron chi connectivity index (χ2n) is 5.83. The molecule has 0 spiro atoms. The fourth-order valence-electron chi connectivity index (χ4n) is 2.49. The number of carbonyl (C=O) groups excluding carboxylic acids is 2. The second kappa shape index (κ2) is 5.88. The normalized spacial score (nSPS) is 30.2. The van der Waals surface area contributed by atoms with E-state index < -0.39 is 23.5 Å². The third kappa shape index (κ3) is 3.10. The zero-order valence-corrected chi connectivity index (χ0v) is 12.3. The lowest BCUT2D eigenvalue weighted by molar-refractivity contribution is -0.148. The molecule has 0 radical (unpaired) electrons. The van der Waals surface area contributed by atoms with E-state index in [9.17, 15) is 19.5 Å². The Kier molecular flexibility index (Phi) is 4.36. The molecule has 0 aromatic rings. The first-order chi connectivity index (χ1) is 9.84. The predicted molar refractivity (Wildman–Crippen MR) is 72.7 cm³/mol. The van der Waals surface area contributed by atoms with Gasteiger partial charge in [0, 0.05) is 20.1 Å². The SMILES string of the molecule is CN1CCCN(C(=O)NC2COCC2(C)C(=O)O)CC1=O. The van der Waals surface area contributed by atoms with Gasteiger partial charge in [0.25, 0.3) is 0 Å². The van der Waals surface area contributed by atoms with Crippen LogP contribution in [-0.4, -0.2) is 78.8 Å². The summed E-state index contributed by atoms with van der Waals surface area (Å²) >= 11 is 0. The Morgan fingerprint density at radius 3 is 2.81 bits per heavy atom. The van der Waals surface area contributed by atoms with Crippen LogP contribution in [0.3, 0.4) is 0 Å². The van der Waals surface area contributed by atoms with Crippen LogP contribution in [0.15, 0.2) is 0 Å². The molecule has 0 aliphatic carbocycles. The molecule has 2 saturated heterocycles. The Morgan fingerprint density at radius 1 is 1.43 bits per heavy atom. The van der Waals surface area contributed by atoms with E-state index in [0.29, 0.717) is 19.5 Å². The molecule has 2 fully saturated rings. The average molecular weight is 299 g/mol. The lowest BCUT2D eigenvalue weighted by Gasteiger charge is -2.28. The first-order valence-electron chi connectivity index (χ1n) is 6.95.